The Hall–Kier alpha value is -1.16. The van der Waals surface area contributed by atoms with Crippen LogP contribution < -0.4 is 4.90 Å². The number of aromatic nitrogens is 2. The molecule has 2 unspecified atom stereocenters. The molecule has 4 nitrogen and oxygen atoms in total. The summed E-state index contributed by atoms with van der Waals surface area (Å²) in [6.07, 6.45) is 1.45. The topological polar surface area (TPSA) is 38.2 Å². The molecule has 1 aromatic rings. The van der Waals surface area contributed by atoms with Gasteiger partial charge in [-0.05, 0) is 38.8 Å². The average molecular weight is 235 g/mol. The Labute approximate surface area is 103 Å². The van der Waals surface area contributed by atoms with Gasteiger partial charge in [-0.1, -0.05) is 6.92 Å². The van der Waals surface area contributed by atoms with E-state index in [0.717, 1.165) is 31.0 Å². The number of hydrogen-bond donors (Lipinski definition) is 0. The van der Waals surface area contributed by atoms with Gasteiger partial charge < -0.3 is 9.64 Å². The number of morpholine rings is 1. The van der Waals surface area contributed by atoms with Crippen molar-refractivity contribution in [2.75, 3.05) is 18.0 Å². The zero-order valence-corrected chi connectivity index (χ0v) is 11.1. The first-order valence-electron chi connectivity index (χ1n) is 6.33. The summed E-state index contributed by atoms with van der Waals surface area (Å²) in [7, 11) is 0. The maximum atomic E-state index is 5.73. The minimum atomic E-state index is 0.255. The summed E-state index contributed by atoms with van der Waals surface area (Å²) >= 11 is 0. The summed E-state index contributed by atoms with van der Waals surface area (Å²) in [5.41, 5.74) is 2.26. The second kappa shape index (κ2) is 5.00. The SMILES string of the molecule is CCc1cc(C)c(N2CC(C)OC(C)C2)nn1. The first kappa shape index (κ1) is 12.3. The molecule has 1 aliphatic heterocycles. The molecule has 0 radical (unpaired) electrons. The van der Waals surface area contributed by atoms with Gasteiger partial charge in [-0.15, -0.1) is 5.10 Å². The lowest BCUT2D eigenvalue weighted by atomic mass is 10.2. The second-order valence-electron chi connectivity index (χ2n) is 4.86. The van der Waals surface area contributed by atoms with Gasteiger partial charge in [0.15, 0.2) is 5.82 Å². The summed E-state index contributed by atoms with van der Waals surface area (Å²) in [6, 6.07) is 2.13. The molecule has 0 aliphatic carbocycles. The molecule has 2 rings (SSSR count). The lowest BCUT2D eigenvalue weighted by molar-refractivity contribution is -0.00553. The minimum absolute atomic E-state index is 0.255. The largest absolute Gasteiger partial charge is 0.372 e. The van der Waals surface area contributed by atoms with Crippen molar-refractivity contribution < 1.29 is 4.74 Å². The van der Waals surface area contributed by atoms with Crippen LogP contribution in [0.1, 0.15) is 32.0 Å². The van der Waals surface area contributed by atoms with Gasteiger partial charge in [-0.3, -0.25) is 0 Å². The fraction of sp³-hybridized carbons (Fsp3) is 0.692. The summed E-state index contributed by atoms with van der Waals surface area (Å²) in [5, 5.41) is 8.61. The molecule has 0 bridgehead atoms. The Balaban J connectivity index is 2.21. The summed E-state index contributed by atoms with van der Waals surface area (Å²) in [6.45, 7) is 10.2. The molecule has 0 N–H and O–H groups in total. The van der Waals surface area contributed by atoms with Crippen LogP contribution in [0.15, 0.2) is 6.07 Å². The zero-order valence-electron chi connectivity index (χ0n) is 11.1. The highest BCUT2D eigenvalue weighted by atomic mass is 16.5. The quantitative estimate of drug-likeness (QED) is 0.785. The van der Waals surface area contributed by atoms with Crippen LogP contribution in [0.25, 0.3) is 0 Å². The Morgan fingerprint density at radius 1 is 1.29 bits per heavy atom. The van der Waals surface area contributed by atoms with Gasteiger partial charge in [-0.25, -0.2) is 0 Å². The van der Waals surface area contributed by atoms with Crippen LogP contribution in [0.3, 0.4) is 0 Å². The number of anilines is 1. The summed E-state index contributed by atoms with van der Waals surface area (Å²) < 4.78 is 5.73. The first-order valence-corrected chi connectivity index (χ1v) is 6.33. The van der Waals surface area contributed by atoms with Crippen LogP contribution in [-0.4, -0.2) is 35.5 Å². The molecule has 0 amide bonds. The molecule has 2 atom stereocenters. The van der Waals surface area contributed by atoms with E-state index in [1.807, 2.05) is 0 Å². The summed E-state index contributed by atoms with van der Waals surface area (Å²) in [5.74, 6) is 1.00. The van der Waals surface area contributed by atoms with Gasteiger partial charge in [-0.2, -0.15) is 5.10 Å². The standard InChI is InChI=1S/C13H21N3O/c1-5-12-6-9(2)13(15-14-12)16-7-10(3)17-11(4)8-16/h6,10-11H,5,7-8H2,1-4H3. The van der Waals surface area contributed by atoms with Crippen LogP contribution in [0, 0.1) is 6.92 Å². The van der Waals surface area contributed by atoms with Gasteiger partial charge >= 0.3 is 0 Å². The third-order valence-electron chi connectivity index (χ3n) is 3.09. The first-order chi connectivity index (χ1) is 8.10. The predicted molar refractivity (Wildman–Crippen MR) is 68.4 cm³/mol. The van der Waals surface area contributed by atoms with Gasteiger partial charge in [0.2, 0.25) is 0 Å². The lowest BCUT2D eigenvalue weighted by Gasteiger charge is -2.36. The van der Waals surface area contributed by atoms with Crippen LogP contribution in [0.5, 0.6) is 0 Å². The normalized spacial score (nSPS) is 25.1. The highest BCUT2D eigenvalue weighted by Gasteiger charge is 2.24. The number of ether oxygens (including phenoxy) is 1. The number of aryl methyl sites for hydroxylation is 2. The summed E-state index contributed by atoms with van der Waals surface area (Å²) in [4.78, 5) is 2.28. The fourth-order valence-electron chi connectivity index (χ4n) is 2.37. The molecular formula is C13H21N3O. The van der Waals surface area contributed by atoms with Gasteiger partial charge in [0.25, 0.3) is 0 Å². The molecule has 1 fully saturated rings. The monoisotopic (exact) mass is 235 g/mol. The van der Waals surface area contributed by atoms with Crippen molar-refractivity contribution in [2.24, 2.45) is 0 Å². The molecule has 1 saturated heterocycles. The molecule has 1 aliphatic rings. The van der Waals surface area contributed by atoms with Crippen molar-refractivity contribution in [3.63, 3.8) is 0 Å². The van der Waals surface area contributed by atoms with E-state index in [2.05, 4.69) is 48.9 Å². The van der Waals surface area contributed by atoms with E-state index < -0.39 is 0 Å². The van der Waals surface area contributed by atoms with Crippen molar-refractivity contribution >= 4 is 5.82 Å². The van der Waals surface area contributed by atoms with Gasteiger partial charge in [0, 0.05) is 13.1 Å². The van der Waals surface area contributed by atoms with Crippen molar-refractivity contribution in [3.05, 3.63) is 17.3 Å². The van der Waals surface area contributed by atoms with E-state index in [4.69, 9.17) is 4.74 Å². The van der Waals surface area contributed by atoms with Crippen molar-refractivity contribution in [2.45, 2.75) is 46.3 Å². The fourth-order valence-corrected chi connectivity index (χ4v) is 2.37. The maximum absolute atomic E-state index is 5.73. The van der Waals surface area contributed by atoms with E-state index in [1.54, 1.807) is 0 Å². The predicted octanol–water partition coefficient (Wildman–Crippen LogP) is 1.96. The van der Waals surface area contributed by atoms with Gasteiger partial charge in [0.05, 0.1) is 17.9 Å². The third-order valence-corrected chi connectivity index (χ3v) is 3.09. The Morgan fingerprint density at radius 2 is 1.94 bits per heavy atom. The molecule has 0 spiro atoms. The van der Waals surface area contributed by atoms with Gasteiger partial charge in [0.1, 0.15) is 0 Å². The third kappa shape index (κ3) is 2.75. The highest BCUT2D eigenvalue weighted by Crippen LogP contribution is 2.21. The highest BCUT2D eigenvalue weighted by molar-refractivity contribution is 5.46. The molecule has 1 aromatic heterocycles. The van der Waals surface area contributed by atoms with Crippen LogP contribution in [0.4, 0.5) is 5.82 Å². The van der Waals surface area contributed by atoms with E-state index in [0.29, 0.717) is 0 Å². The molecule has 17 heavy (non-hydrogen) atoms. The molecule has 0 saturated carbocycles. The van der Waals surface area contributed by atoms with Crippen LogP contribution in [-0.2, 0) is 11.2 Å². The molecule has 0 aromatic carbocycles. The van der Waals surface area contributed by atoms with Crippen molar-refractivity contribution in [3.8, 4) is 0 Å². The smallest absolute Gasteiger partial charge is 0.154 e. The molecule has 2 heterocycles. The maximum Gasteiger partial charge on any atom is 0.154 e. The molecular weight excluding hydrogens is 214 g/mol. The van der Waals surface area contributed by atoms with Crippen LogP contribution >= 0.6 is 0 Å². The van der Waals surface area contributed by atoms with E-state index in [-0.39, 0.29) is 12.2 Å². The Kier molecular flexibility index (Phi) is 3.62. The zero-order chi connectivity index (χ0) is 12.4. The Morgan fingerprint density at radius 3 is 2.47 bits per heavy atom. The molecule has 4 heteroatoms. The number of nitrogens with zero attached hydrogens (tertiary/aromatic N) is 3. The van der Waals surface area contributed by atoms with E-state index >= 15 is 0 Å². The van der Waals surface area contributed by atoms with Crippen LogP contribution in [0.2, 0.25) is 0 Å². The van der Waals surface area contributed by atoms with E-state index in [9.17, 15) is 0 Å². The average Bonchev–Trinajstić information content (AvgIpc) is 2.27. The number of rotatable bonds is 2. The minimum Gasteiger partial charge on any atom is -0.372 e. The van der Waals surface area contributed by atoms with E-state index in [1.165, 1.54) is 5.56 Å². The van der Waals surface area contributed by atoms with Crippen molar-refractivity contribution in [1.82, 2.24) is 10.2 Å². The number of hydrogen-bond acceptors (Lipinski definition) is 4. The lowest BCUT2D eigenvalue weighted by Crippen LogP contribution is -2.46. The van der Waals surface area contributed by atoms with Crippen molar-refractivity contribution in [1.29, 1.82) is 0 Å². The molecule has 94 valence electrons. The second-order valence-corrected chi connectivity index (χ2v) is 4.86. The Bertz CT molecular complexity index is 384.